The Labute approximate surface area is 89.4 Å². The molecule has 0 unspecified atom stereocenters. The second kappa shape index (κ2) is 3.94. The first-order valence-corrected chi connectivity index (χ1v) is 5.07. The summed E-state index contributed by atoms with van der Waals surface area (Å²) in [4.78, 5) is 16.0. The van der Waals surface area contributed by atoms with Crippen LogP contribution in [0, 0.1) is 0 Å². The minimum Gasteiger partial charge on any atom is -0.363 e. The summed E-state index contributed by atoms with van der Waals surface area (Å²) in [5.41, 5.74) is 0.704. The van der Waals surface area contributed by atoms with Crippen molar-refractivity contribution in [2.24, 2.45) is 0 Å². The van der Waals surface area contributed by atoms with Crippen molar-refractivity contribution >= 4 is 5.91 Å². The zero-order valence-electron chi connectivity index (χ0n) is 8.92. The highest BCUT2D eigenvalue weighted by Crippen LogP contribution is 2.10. The Kier molecular flexibility index (Phi) is 2.64. The highest BCUT2D eigenvalue weighted by atomic mass is 16.2. The molecule has 0 aromatic heterocycles. The molecule has 0 atom stereocenters. The summed E-state index contributed by atoms with van der Waals surface area (Å²) in [5.74, 6) is 0.473. The van der Waals surface area contributed by atoms with Crippen molar-refractivity contribution in [2.45, 2.75) is 0 Å². The second-order valence-electron chi connectivity index (χ2n) is 3.90. The van der Waals surface area contributed by atoms with Gasteiger partial charge in [0.2, 0.25) is 0 Å². The molecule has 2 rings (SSSR count). The number of carbonyl (C=O) groups is 1. The van der Waals surface area contributed by atoms with Gasteiger partial charge in [-0.3, -0.25) is 4.79 Å². The van der Waals surface area contributed by atoms with E-state index < -0.39 is 0 Å². The average molecular weight is 208 g/mol. The van der Waals surface area contributed by atoms with E-state index in [1.54, 1.807) is 6.20 Å². The Morgan fingerprint density at radius 2 is 2.00 bits per heavy atom. The summed E-state index contributed by atoms with van der Waals surface area (Å²) in [5, 5.41) is 5.60. The van der Waals surface area contributed by atoms with E-state index in [0.29, 0.717) is 11.5 Å². The molecule has 2 heterocycles. The lowest BCUT2D eigenvalue weighted by molar-refractivity contribution is -0.119. The van der Waals surface area contributed by atoms with Crippen molar-refractivity contribution in [3.8, 4) is 0 Å². The summed E-state index contributed by atoms with van der Waals surface area (Å²) in [7, 11) is 2.09. The average Bonchev–Trinajstić information content (AvgIpc) is 2.20. The molecule has 5 heteroatoms. The van der Waals surface area contributed by atoms with Gasteiger partial charge in [0.05, 0.1) is 0 Å². The normalized spacial score (nSPS) is 23.3. The fraction of sp³-hybridized carbons (Fsp3) is 0.500. The predicted molar refractivity (Wildman–Crippen MR) is 57.6 cm³/mol. The van der Waals surface area contributed by atoms with Crippen molar-refractivity contribution in [1.82, 2.24) is 20.4 Å². The molecule has 0 saturated carbocycles. The summed E-state index contributed by atoms with van der Waals surface area (Å²) < 4.78 is 0. The maximum absolute atomic E-state index is 11.6. The van der Waals surface area contributed by atoms with Crippen LogP contribution in [0.1, 0.15) is 0 Å². The first-order valence-electron chi connectivity index (χ1n) is 5.07. The Hall–Kier alpha value is -1.49. The summed E-state index contributed by atoms with van der Waals surface area (Å²) in [6.45, 7) is 7.41. The molecule has 1 saturated heterocycles. The van der Waals surface area contributed by atoms with E-state index in [-0.39, 0.29) is 5.91 Å². The molecular weight excluding hydrogens is 192 g/mol. The summed E-state index contributed by atoms with van der Waals surface area (Å²) >= 11 is 0. The van der Waals surface area contributed by atoms with E-state index in [1.165, 1.54) is 0 Å². The van der Waals surface area contributed by atoms with Gasteiger partial charge in [0.25, 0.3) is 5.91 Å². The number of amides is 1. The van der Waals surface area contributed by atoms with Crippen LogP contribution in [0.3, 0.4) is 0 Å². The van der Waals surface area contributed by atoms with Crippen molar-refractivity contribution in [1.29, 1.82) is 0 Å². The van der Waals surface area contributed by atoms with E-state index in [2.05, 4.69) is 34.1 Å². The Bertz CT molecular complexity index is 315. The summed E-state index contributed by atoms with van der Waals surface area (Å²) in [6, 6.07) is 0. The fourth-order valence-corrected chi connectivity index (χ4v) is 1.74. The predicted octanol–water partition coefficient (Wildman–Crippen LogP) is -0.734. The van der Waals surface area contributed by atoms with Gasteiger partial charge in [-0.15, -0.1) is 0 Å². The molecule has 2 aliphatic rings. The SMILES string of the molecule is C=C1NC=C(N2CCN(C)CC2)C(=O)N1. The summed E-state index contributed by atoms with van der Waals surface area (Å²) in [6.07, 6.45) is 1.73. The molecule has 0 aromatic carbocycles. The highest BCUT2D eigenvalue weighted by Gasteiger charge is 2.23. The van der Waals surface area contributed by atoms with Crippen LogP contribution in [0.15, 0.2) is 24.3 Å². The fourth-order valence-electron chi connectivity index (χ4n) is 1.74. The number of likely N-dealkylation sites (N-methyl/N-ethyl adjacent to an activating group) is 1. The molecule has 0 aliphatic carbocycles. The van der Waals surface area contributed by atoms with Gasteiger partial charge < -0.3 is 20.4 Å². The van der Waals surface area contributed by atoms with Crippen LogP contribution in [0.2, 0.25) is 0 Å². The van der Waals surface area contributed by atoms with Gasteiger partial charge in [-0.25, -0.2) is 0 Å². The quantitative estimate of drug-likeness (QED) is 0.596. The van der Waals surface area contributed by atoms with E-state index in [1.807, 2.05) is 0 Å². The minimum atomic E-state index is -0.0664. The van der Waals surface area contributed by atoms with Gasteiger partial charge in [0.15, 0.2) is 0 Å². The van der Waals surface area contributed by atoms with Crippen LogP contribution in [-0.4, -0.2) is 48.9 Å². The smallest absolute Gasteiger partial charge is 0.274 e. The number of rotatable bonds is 1. The number of piperazine rings is 1. The molecule has 15 heavy (non-hydrogen) atoms. The molecule has 0 bridgehead atoms. The van der Waals surface area contributed by atoms with Gasteiger partial charge in [0.1, 0.15) is 11.5 Å². The highest BCUT2D eigenvalue weighted by molar-refractivity contribution is 5.94. The van der Waals surface area contributed by atoms with Crippen LogP contribution in [0.5, 0.6) is 0 Å². The van der Waals surface area contributed by atoms with Gasteiger partial charge in [-0.05, 0) is 7.05 Å². The molecule has 0 radical (unpaired) electrons. The van der Waals surface area contributed by atoms with E-state index in [4.69, 9.17) is 0 Å². The van der Waals surface area contributed by atoms with Crippen LogP contribution in [-0.2, 0) is 4.79 Å². The standard InChI is InChI=1S/C10H16N4O/c1-8-11-7-9(10(15)12-8)14-5-3-13(2)4-6-14/h7,11H,1,3-6H2,2H3,(H,12,15). The molecule has 1 amide bonds. The lowest BCUT2D eigenvalue weighted by Crippen LogP contribution is -2.49. The van der Waals surface area contributed by atoms with Crippen LogP contribution in [0.25, 0.3) is 0 Å². The van der Waals surface area contributed by atoms with E-state index in [0.717, 1.165) is 26.2 Å². The molecule has 2 aliphatic heterocycles. The zero-order valence-corrected chi connectivity index (χ0v) is 8.92. The van der Waals surface area contributed by atoms with Crippen molar-refractivity contribution < 1.29 is 4.79 Å². The van der Waals surface area contributed by atoms with E-state index in [9.17, 15) is 4.79 Å². The number of hydrogen-bond donors (Lipinski definition) is 2. The molecule has 1 fully saturated rings. The second-order valence-corrected chi connectivity index (χ2v) is 3.90. The van der Waals surface area contributed by atoms with Gasteiger partial charge in [-0.1, -0.05) is 6.58 Å². The van der Waals surface area contributed by atoms with Crippen molar-refractivity contribution in [2.75, 3.05) is 33.2 Å². The molecular formula is C10H16N4O. The third-order valence-electron chi connectivity index (χ3n) is 2.72. The van der Waals surface area contributed by atoms with E-state index >= 15 is 0 Å². The Morgan fingerprint density at radius 3 is 2.60 bits per heavy atom. The zero-order chi connectivity index (χ0) is 10.8. The first kappa shape index (κ1) is 10.0. The Balaban J connectivity index is 2.04. The van der Waals surface area contributed by atoms with Crippen LogP contribution < -0.4 is 10.6 Å². The maximum atomic E-state index is 11.6. The molecule has 0 spiro atoms. The van der Waals surface area contributed by atoms with Gasteiger partial charge in [-0.2, -0.15) is 0 Å². The maximum Gasteiger partial charge on any atom is 0.274 e. The molecule has 0 aromatic rings. The number of carbonyl (C=O) groups excluding carboxylic acids is 1. The van der Waals surface area contributed by atoms with Gasteiger partial charge >= 0.3 is 0 Å². The number of nitrogens with zero attached hydrogens (tertiary/aromatic N) is 2. The number of nitrogens with one attached hydrogen (secondary N) is 2. The number of hydrogen-bond acceptors (Lipinski definition) is 4. The van der Waals surface area contributed by atoms with Gasteiger partial charge in [0, 0.05) is 32.4 Å². The minimum absolute atomic E-state index is 0.0664. The third-order valence-corrected chi connectivity index (χ3v) is 2.72. The largest absolute Gasteiger partial charge is 0.363 e. The molecule has 82 valence electrons. The third kappa shape index (κ3) is 2.12. The monoisotopic (exact) mass is 208 g/mol. The molecule has 5 nitrogen and oxygen atoms in total. The Morgan fingerprint density at radius 1 is 1.33 bits per heavy atom. The topological polar surface area (TPSA) is 47.6 Å². The van der Waals surface area contributed by atoms with Crippen LogP contribution >= 0.6 is 0 Å². The first-order chi connectivity index (χ1) is 7.16. The van der Waals surface area contributed by atoms with Crippen molar-refractivity contribution in [3.05, 3.63) is 24.3 Å². The lowest BCUT2D eigenvalue weighted by Gasteiger charge is -2.36. The lowest BCUT2D eigenvalue weighted by atomic mass is 10.2. The van der Waals surface area contributed by atoms with Crippen LogP contribution in [0.4, 0.5) is 0 Å². The molecule has 2 N–H and O–H groups in total. The van der Waals surface area contributed by atoms with Crippen molar-refractivity contribution in [3.63, 3.8) is 0 Å².